The van der Waals surface area contributed by atoms with Crippen LogP contribution in [0.15, 0.2) is 59.0 Å². The van der Waals surface area contributed by atoms with Gasteiger partial charge in [0.05, 0.1) is 7.11 Å². The Morgan fingerprint density at radius 2 is 1.79 bits per heavy atom. The minimum Gasteiger partial charge on any atom is -0.494 e. The molecule has 4 rings (SSSR count). The maximum Gasteiger partial charge on any atom is 0.266 e. The van der Waals surface area contributed by atoms with Crippen molar-refractivity contribution in [3.63, 3.8) is 0 Å². The van der Waals surface area contributed by atoms with Crippen LogP contribution < -0.4 is 4.74 Å². The topological polar surface area (TPSA) is 61.0 Å². The highest BCUT2D eigenvalue weighted by atomic mass is 19.1. The average Bonchev–Trinajstić information content (AvgIpc) is 3.11. The number of para-hydroxylation sites is 1. The number of hydrogen-bond acceptors (Lipinski definition) is 5. The highest BCUT2D eigenvalue weighted by Gasteiger charge is 2.13. The first kappa shape index (κ1) is 14.3. The van der Waals surface area contributed by atoms with Crippen LogP contribution in [0.25, 0.3) is 33.9 Å². The molecule has 24 heavy (non-hydrogen) atoms. The second-order valence-electron chi connectivity index (χ2n) is 5.15. The highest BCUT2D eigenvalue weighted by molar-refractivity contribution is 5.86. The van der Waals surface area contributed by atoms with Crippen LogP contribution in [0.1, 0.15) is 0 Å². The summed E-state index contributed by atoms with van der Waals surface area (Å²) in [5.41, 5.74) is 1.76. The second-order valence-corrected chi connectivity index (χ2v) is 5.15. The molecule has 6 heteroatoms. The number of benzene rings is 2. The number of fused-ring (bicyclic) bond motifs is 1. The van der Waals surface area contributed by atoms with Gasteiger partial charge in [-0.05, 0) is 30.3 Å². The minimum absolute atomic E-state index is 0.242. The Balaban J connectivity index is 1.78. The summed E-state index contributed by atoms with van der Waals surface area (Å²) in [5, 5.41) is 8.93. The Morgan fingerprint density at radius 1 is 0.958 bits per heavy atom. The zero-order chi connectivity index (χ0) is 16.5. The van der Waals surface area contributed by atoms with Gasteiger partial charge in [-0.3, -0.25) is 0 Å². The van der Waals surface area contributed by atoms with Crippen molar-refractivity contribution in [1.82, 2.24) is 15.2 Å². The molecule has 2 aromatic carbocycles. The molecule has 0 aliphatic rings. The van der Waals surface area contributed by atoms with Crippen LogP contribution in [-0.2, 0) is 0 Å². The second kappa shape index (κ2) is 5.73. The van der Waals surface area contributed by atoms with Gasteiger partial charge in [-0.2, -0.15) is 0 Å². The normalized spacial score (nSPS) is 10.9. The largest absolute Gasteiger partial charge is 0.494 e. The first-order valence-corrected chi connectivity index (χ1v) is 7.28. The van der Waals surface area contributed by atoms with Crippen molar-refractivity contribution in [3.8, 4) is 28.8 Å². The molecule has 0 aliphatic heterocycles. The van der Waals surface area contributed by atoms with E-state index in [0.717, 1.165) is 5.39 Å². The first-order chi connectivity index (χ1) is 11.7. The van der Waals surface area contributed by atoms with Crippen LogP contribution in [0, 0.1) is 5.82 Å². The number of nitrogens with zero attached hydrogens (tertiary/aromatic N) is 3. The standard InChI is InChI=1S/C18H12FN3O2/c1-23-15-7-3-4-11-8-9-14(20-16(11)15)18-22-21-17(24-18)12-5-2-6-13(19)10-12/h2-10H,1H3. The number of ether oxygens (including phenoxy) is 1. The van der Waals surface area contributed by atoms with E-state index < -0.39 is 0 Å². The molecule has 0 bridgehead atoms. The SMILES string of the molecule is COc1cccc2ccc(-c3nnc(-c4cccc(F)c4)o3)nc12. The summed E-state index contributed by atoms with van der Waals surface area (Å²) in [4.78, 5) is 4.55. The summed E-state index contributed by atoms with van der Waals surface area (Å²) in [6, 6.07) is 15.4. The van der Waals surface area contributed by atoms with Crippen LogP contribution in [-0.4, -0.2) is 22.3 Å². The number of pyridine rings is 1. The molecule has 118 valence electrons. The van der Waals surface area contributed by atoms with Crippen LogP contribution in [0.2, 0.25) is 0 Å². The molecule has 2 aromatic heterocycles. The Labute approximate surface area is 136 Å². The van der Waals surface area contributed by atoms with Gasteiger partial charge in [-0.25, -0.2) is 9.37 Å². The molecule has 0 saturated heterocycles. The van der Waals surface area contributed by atoms with Gasteiger partial charge in [0.1, 0.15) is 22.8 Å². The molecule has 0 N–H and O–H groups in total. The molecule has 0 atom stereocenters. The summed E-state index contributed by atoms with van der Waals surface area (Å²) >= 11 is 0. The van der Waals surface area contributed by atoms with Crippen molar-refractivity contribution in [2.45, 2.75) is 0 Å². The molecule has 0 unspecified atom stereocenters. The van der Waals surface area contributed by atoms with Crippen LogP contribution in [0.5, 0.6) is 5.75 Å². The third-order valence-corrected chi connectivity index (χ3v) is 3.62. The fourth-order valence-electron chi connectivity index (χ4n) is 2.47. The maximum atomic E-state index is 13.3. The third kappa shape index (κ3) is 2.48. The highest BCUT2D eigenvalue weighted by Crippen LogP contribution is 2.28. The lowest BCUT2D eigenvalue weighted by molar-refractivity contribution is 0.419. The van der Waals surface area contributed by atoms with Gasteiger partial charge in [-0.1, -0.05) is 24.3 Å². The van der Waals surface area contributed by atoms with Gasteiger partial charge in [0.25, 0.3) is 5.89 Å². The van der Waals surface area contributed by atoms with Crippen molar-refractivity contribution in [3.05, 3.63) is 60.4 Å². The van der Waals surface area contributed by atoms with E-state index in [0.29, 0.717) is 22.5 Å². The van der Waals surface area contributed by atoms with Crippen LogP contribution >= 0.6 is 0 Å². The van der Waals surface area contributed by atoms with E-state index in [1.165, 1.54) is 12.1 Å². The fourth-order valence-corrected chi connectivity index (χ4v) is 2.47. The first-order valence-electron chi connectivity index (χ1n) is 7.28. The molecular formula is C18H12FN3O2. The number of halogens is 1. The van der Waals surface area contributed by atoms with Crippen molar-refractivity contribution >= 4 is 10.9 Å². The fraction of sp³-hybridized carbons (Fsp3) is 0.0556. The zero-order valence-corrected chi connectivity index (χ0v) is 12.7. The van der Waals surface area contributed by atoms with E-state index in [9.17, 15) is 4.39 Å². The minimum atomic E-state index is -0.360. The molecule has 0 amide bonds. The predicted octanol–water partition coefficient (Wildman–Crippen LogP) is 4.10. The summed E-state index contributed by atoms with van der Waals surface area (Å²) < 4.78 is 24.3. The molecule has 4 aromatic rings. The van der Waals surface area contributed by atoms with Gasteiger partial charge in [0.15, 0.2) is 0 Å². The van der Waals surface area contributed by atoms with Crippen molar-refractivity contribution < 1.29 is 13.5 Å². The maximum absolute atomic E-state index is 13.3. The van der Waals surface area contributed by atoms with Crippen molar-refractivity contribution in [1.29, 1.82) is 0 Å². The number of rotatable bonds is 3. The smallest absolute Gasteiger partial charge is 0.266 e. The number of hydrogen-bond donors (Lipinski definition) is 0. The molecule has 2 heterocycles. The van der Waals surface area contributed by atoms with Crippen molar-refractivity contribution in [2.75, 3.05) is 7.11 Å². The predicted molar refractivity (Wildman–Crippen MR) is 87.0 cm³/mol. The van der Waals surface area contributed by atoms with E-state index in [1.807, 2.05) is 24.3 Å². The molecule has 0 radical (unpaired) electrons. The Kier molecular flexibility index (Phi) is 3.42. The summed E-state index contributed by atoms with van der Waals surface area (Å²) in [7, 11) is 1.60. The van der Waals surface area contributed by atoms with Gasteiger partial charge in [-0.15, -0.1) is 10.2 Å². The molecule has 5 nitrogen and oxygen atoms in total. The van der Waals surface area contributed by atoms with E-state index in [1.54, 1.807) is 25.3 Å². The lowest BCUT2D eigenvalue weighted by Gasteiger charge is -2.04. The Hall–Kier alpha value is -3.28. The summed E-state index contributed by atoms with van der Waals surface area (Å²) in [6.45, 7) is 0. The molecule has 0 aliphatic carbocycles. The quantitative estimate of drug-likeness (QED) is 0.568. The molecule has 0 saturated carbocycles. The van der Waals surface area contributed by atoms with Gasteiger partial charge < -0.3 is 9.15 Å². The summed E-state index contributed by atoms with van der Waals surface area (Å²) in [5.74, 6) is 0.813. The summed E-state index contributed by atoms with van der Waals surface area (Å²) in [6.07, 6.45) is 0. The van der Waals surface area contributed by atoms with Gasteiger partial charge >= 0.3 is 0 Å². The van der Waals surface area contributed by atoms with E-state index >= 15 is 0 Å². The van der Waals surface area contributed by atoms with Crippen LogP contribution in [0.3, 0.4) is 0 Å². The van der Waals surface area contributed by atoms with Crippen LogP contribution in [0.4, 0.5) is 4.39 Å². The Bertz CT molecular complexity index is 1030. The van der Waals surface area contributed by atoms with Gasteiger partial charge in [0, 0.05) is 10.9 Å². The lowest BCUT2D eigenvalue weighted by atomic mass is 10.2. The molecule has 0 spiro atoms. The Morgan fingerprint density at radius 3 is 2.62 bits per heavy atom. The van der Waals surface area contributed by atoms with E-state index in [4.69, 9.17) is 9.15 Å². The van der Waals surface area contributed by atoms with Crippen molar-refractivity contribution in [2.24, 2.45) is 0 Å². The van der Waals surface area contributed by atoms with E-state index in [-0.39, 0.29) is 17.6 Å². The number of methoxy groups -OCH3 is 1. The third-order valence-electron chi connectivity index (χ3n) is 3.62. The monoisotopic (exact) mass is 321 g/mol. The lowest BCUT2D eigenvalue weighted by Crippen LogP contribution is -1.90. The molecule has 0 fully saturated rings. The average molecular weight is 321 g/mol. The number of aromatic nitrogens is 3. The molecular weight excluding hydrogens is 309 g/mol. The zero-order valence-electron chi connectivity index (χ0n) is 12.7. The van der Waals surface area contributed by atoms with Gasteiger partial charge in [0.2, 0.25) is 5.89 Å². The van der Waals surface area contributed by atoms with E-state index in [2.05, 4.69) is 15.2 Å².